The van der Waals surface area contributed by atoms with E-state index in [9.17, 15) is 4.79 Å². The van der Waals surface area contributed by atoms with Crippen LogP contribution in [-0.2, 0) is 0 Å². The van der Waals surface area contributed by atoms with Crippen LogP contribution in [0.3, 0.4) is 0 Å². The molecular weight excluding hydrogens is 242 g/mol. The number of rotatable bonds is 5. The van der Waals surface area contributed by atoms with Gasteiger partial charge in [0.25, 0.3) is 5.91 Å². The molecule has 2 aromatic rings. The molecule has 0 radical (unpaired) electrons. The van der Waals surface area contributed by atoms with E-state index in [0.717, 1.165) is 18.4 Å². The molecule has 1 aromatic carbocycles. The van der Waals surface area contributed by atoms with E-state index in [-0.39, 0.29) is 5.91 Å². The number of amides is 1. The van der Waals surface area contributed by atoms with Crippen LogP contribution in [0.5, 0.6) is 0 Å². The quantitative estimate of drug-likeness (QED) is 0.838. The normalized spacial score (nSPS) is 10.4. The molecular formula is C14H17N3O2. The van der Waals surface area contributed by atoms with Crippen LogP contribution < -0.4 is 5.32 Å². The van der Waals surface area contributed by atoms with Crippen LogP contribution in [0.2, 0.25) is 0 Å². The Morgan fingerprint density at radius 1 is 1.26 bits per heavy atom. The van der Waals surface area contributed by atoms with Crippen molar-refractivity contribution >= 4 is 5.91 Å². The third-order valence-electron chi connectivity index (χ3n) is 2.74. The van der Waals surface area contributed by atoms with Crippen molar-refractivity contribution in [2.24, 2.45) is 0 Å². The fourth-order valence-corrected chi connectivity index (χ4v) is 1.66. The second-order valence-electron chi connectivity index (χ2n) is 4.31. The first-order valence-corrected chi connectivity index (χ1v) is 6.39. The van der Waals surface area contributed by atoms with Gasteiger partial charge >= 0.3 is 0 Å². The average Bonchev–Trinajstić information content (AvgIpc) is 2.86. The van der Waals surface area contributed by atoms with Gasteiger partial charge in [-0.1, -0.05) is 13.3 Å². The van der Waals surface area contributed by atoms with Crippen molar-refractivity contribution in [1.82, 2.24) is 15.5 Å². The van der Waals surface area contributed by atoms with Gasteiger partial charge in [0.2, 0.25) is 11.8 Å². The molecule has 1 amide bonds. The van der Waals surface area contributed by atoms with Gasteiger partial charge in [-0.25, -0.2) is 0 Å². The molecule has 5 heteroatoms. The molecule has 5 nitrogen and oxygen atoms in total. The average molecular weight is 259 g/mol. The number of aromatic nitrogens is 2. The zero-order valence-electron chi connectivity index (χ0n) is 11.1. The summed E-state index contributed by atoms with van der Waals surface area (Å²) in [6.45, 7) is 4.54. The summed E-state index contributed by atoms with van der Waals surface area (Å²) in [5.74, 6) is 0.938. The number of benzene rings is 1. The first kappa shape index (κ1) is 13.3. The van der Waals surface area contributed by atoms with E-state index in [2.05, 4.69) is 22.4 Å². The number of unbranched alkanes of at least 4 members (excludes halogenated alkanes) is 1. The summed E-state index contributed by atoms with van der Waals surface area (Å²) in [5.41, 5.74) is 1.45. The number of nitrogens with one attached hydrogen (secondary N) is 1. The number of nitrogens with zero attached hydrogens (tertiary/aromatic N) is 2. The lowest BCUT2D eigenvalue weighted by Gasteiger charge is -2.04. The lowest BCUT2D eigenvalue weighted by Crippen LogP contribution is -2.24. The van der Waals surface area contributed by atoms with Gasteiger partial charge < -0.3 is 9.73 Å². The Morgan fingerprint density at radius 3 is 2.58 bits per heavy atom. The van der Waals surface area contributed by atoms with Crippen molar-refractivity contribution in [3.63, 3.8) is 0 Å². The largest absolute Gasteiger partial charge is 0.421 e. The molecule has 19 heavy (non-hydrogen) atoms. The minimum absolute atomic E-state index is 0.0540. The lowest BCUT2D eigenvalue weighted by atomic mass is 10.1. The third-order valence-corrected chi connectivity index (χ3v) is 2.74. The Labute approximate surface area is 112 Å². The topological polar surface area (TPSA) is 68.0 Å². The predicted molar refractivity (Wildman–Crippen MR) is 71.7 cm³/mol. The maximum Gasteiger partial charge on any atom is 0.251 e. The minimum Gasteiger partial charge on any atom is -0.421 e. The molecule has 0 saturated carbocycles. The maximum atomic E-state index is 11.8. The molecule has 0 unspecified atom stereocenters. The Balaban J connectivity index is 2.04. The van der Waals surface area contributed by atoms with Crippen molar-refractivity contribution < 1.29 is 9.21 Å². The van der Waals surface area contributed by atoms with Crippen LogP contribution in [0.15, 0.2) is 28.7 Å². The van der Waals surface area contributed by atoms with E-state index < -0.39 is 0 Å². The monoisotopic (exact) mass is 259 g/mol. The van der Waals surface area contributed by atoms with Gasteiger partial charge in [0, 0.05) is 24.6 Å². The van der Waals surface area contributed by atoms with E-state index >= 15 is 0 Å². The van der Waals surface area contributed by atoms with Gasteiger partial charge in [-0.15, -0.1) is 10.2 Å². The van der Waals surface area contributed by atoms with Gasteiger partial charge in [-0.3, -0.25) is 4.79 Å². The molecule has 2 rings (SSSR count). The van der Waals surface area contributed by atoms with E-state index in [4.69, 9.17) is 4.42 Å². The van der Waals surface area contributed by atoms with Crippen LogP contribution in [0, 0.1) is 6.92 Å². The van der Waals surface area contributed by atoms with Crippen molar-refractivity contribution in [1.29, 1.82) is 0 Å². The summed E-state index contributed by atoms with van der Waals surface area (Å²) in [5, 5.41) is 10.6. The Bertz CT molecular complexity index is 546. The fourth-order valence-electron chi connectivity index (χ4n) is 1.66. The summed E-state index contributed by atoms with van der Waals surface area (Å²) in [4.78, 5) is 11.8. The molecule has 0 spiro atoms. The maximum absolute atomic E-state index is 11.8. The van der Waals surface area contributed by atoms with E-state index in [1.54, 1.807) is 19.1 Å². The van der Waals surface area contributed by atoms with Crippen molar-refractivity contribution in [2.45, 2.75) is 26.7 Å². The Kier molecular flexibility index (Phi) is 4.28. The highest BCUT2D eigenvalue weighted by molar-refractivity contribution is 5.94. The molecule has 0 bridgehead atoms. The highest BCUT2D eigenvalue weighted by Crippen LogP contribution is 2.17. The number of hydrogen-bond acceptors (Lipinski definition) is 4. The van der Waals surface area contributed by atoms with E-state index in [0.29, 0.717) is 23.9 Å². The van der Waals surface area contributed by atoms with Gasteiger partial charge in [-0.2, -0.15) is 0 Å². The standard InChI is InChI=1S/C14H17N3O2/c1-3-4-9-15-13(18)11-5-7-12(8-6-11)14-17-16-10(2)19-14/h5-8H,3-4,9H2,1-2H3,(H,15,18). The first-order valence-electron chi connectivity index (χ1n) is 6.39. The molecule has 0 aliphatic rings. The summed E-state index contributed by atoms with van der Waals surface area (Å²) in [6.07, 6.45) is 2.06. The smallest absolute Gasteiger partial charge is 0.251 e. The van der Waals surface area contributed by atoms with Crippen LogP contribution >= 0.6 is 0 Å². The van der Waals surface area contributed by atoms with Crippen LogP contribution in [0.25, 0.3) is 11.5 Å². The first-order chi connectivity index (χ1) is 9.20. The highest BCUT2D eigenvalue weighted by atomic mass is 16.4. The zero-order chi connectivity index (χ0) is 13.7. The molecule has 1 heterocycles. The molecule has 0 fully saturated rings. The van der Waals surface area contributed by atoms with Gasteiger partial charge in [0.05, 0.1) is 0 Å². The van der Waals surface area contributed by atoms with Crippen LogP contribution in [0.4, 0.5) is 0 Å². The van der Waals surface area contributed by atoms with Crippen LogP contribution in [-0.4, -0.2) is 22.6 Å². The van der Waals surface area contributed by atoms with Crippen LogP contribution in [0.1, 0.15) is 36.0 Å². The zero-order valence-corrected chi connectivity index (χ0v) is 11.1. The van der Waals surface area contributed by atoms with Gasteiger partial charge in [0.1, 0.15) is 0 Å². The second kappa shape index (κ2) is 6.13. The molecule has 100 valence electrons. The third kappa shape index (κ3) is 3.40. The van der Waals surface area contributed by atoms with Gasteiger partial charge in [-0.05, 0) is 30.7 Å². The second-order valence-corrected chi connectivity index (χ2v) is 4.31. The molecule has 0 aliphatic heterocycles. The summed E-state index contributed by atoms with van der Waals surface area (Å²) in [6, 6.07) is 7.13. The number of hydrogen-bond donors (Lipinski definition) is 1. The summed E-state index contributed by atoms with van der Waals surface area (Å²) < 4.78 is 5.33. The predicted octanol–water partition coefficient (Wildman–Crippen LogP) is 2.57. The van der Waals surface area contributed by atoms with Gasteiger partial charge in [0.15, 0.2) is 0 Å². The summed E-state index contributed by atoms with van der Waals surface area (Å²) >= 11 is 0. The summed E-state index contributed by atoms with van der Waals surface area (Å²) in [7, 11) is 0. The molecule has 1 aromatic heterocycles. The minimum atomic E-state index is -0.0540. The molecule has 0 aliphatic carbocycles. The SMILES string of the molecule is CCCCNC(=O)c1ccc(-c2nnc(C)o2)cc1. The molecule has 0 atom stereocenters. The Morgan fingerprint density at radius 2 is 2.00 bits per heavy atom. The van der Waals surface area contributed by atoms with E-state index in [1.807, 2.05) is 12.1 Å². The van der Waals surface area contributed by atoms with Crippen molar-refractivity contribution in [3.05, 3.63) is 35.7 Å². The molecule has 1 N–H and O–H groups in total. The van der Waals surface area contributed by atoms with Crippen molar-refractivity contribution in [3.8, 4) is 11.5 Å². The van der Waals surface area contributed by atoms with E-state index in [1.165, 1.54) is 0 Å². The highest BCUT2D eigenvalue weighted by Gasteiger charge is 2.08. The number of carbonyl (C=O) groups excluding carboxylic acids is 1. The fraction of sp³-hybridized carbons (Fsp3) is 0.357. The molecule has 0 saturated heterocycles. The lowest BCUT2D eigenvalue weighted by molar-refractivity contribution is 0.0953. The Hall–Kier alpha value is -2.17. The number of carbonyl (C=O) groups is 1. The number of aryl methyl sites for hydroxylation is 1. The van der Waals surface area contributed by atoms with Crippen molar-refractivity contribution in [2.75, 3.05) is 6.54 Å².